The van der Waals surface area contributed by atoms with E-state index in [4.69, 9.17) is 5.73 Å². The van der Waals surface area contributed by atoms with Gasteiger partial charge in [0.05, 0.1) is 11.1 Å². The van der Waals surface area contributed by atoms with Crippen molar-refractivity contribution in [3.8, 4) is 5.69 Å². The summed E-state index contributed by atoms with van der Waals surface area (Å²) in [6, 6.07) is 3.44. The quantitative estimate of drug-likeness (QED) is 0.742. The minimum atomic E-state index is -0.651. The molecule has 0 saturated heterocycles. The van der Waals surface area contributed by atoms with Crippen LogP contribution in [0.5, 0.6) is 0 Å². The molecule has 0 aliphatic rings. The zero-order valence-corrected chi connectivity index (χ0v) is 11.0. The molecule has 0 radical (unpaired) electrons. The van der Waals surface area contributed by atoms with Gasteiger partial charge < -0.3 is 5.73 Å². The van der Waals surface area contributed by atoms with E-state index in [0.29, 0.717) is 16.9 Å². The second kappa shape index (κ2) is 4.26. The summed E-state index contributed by atoms with van der Waals surface area (Å²) < 4.78 is 28.7. The standard InChI is InChI=1S/C14H12F2N4/c1-7-8(2)20(11-4-3-9(15)5-10(11)16)14-12(7)13(17)18-6-19-14/h3-6H,1-2H3,(H2,17,18,19). The van der Waals surface area contributed by atoms with E-state index in [-0.39, 0.29) is 5.69 Å². The Balaban J connectivity index is 2.42. The SMILES string of the molecule is Cc1c(C)n(-c2ccc(F)cc2F)c2ncnc(N)c12. The van der Waals surface area contributed by atoms with Crippen molar-refractivity contribution < 1.29 is 8.78 Å². The molecule has 3 aromatic rings. The second-order valence-corrected chi connectivity index (χ2v) is 4.60. The van der Waals surface area contributed by atoms with Crippen LogP contribution in [0.25, 0.3) is 16.7 Å². The molecule has 0 atom stereocenters. The molecule has 0 amide bonds. The normalized spacial score (nSPS) is 11.2. The molecule has 2 heterocycles. The fourth-order valence-electron chi connectivity index (χ4n) is 2.38. The van der Waals surface area contributed by atoms with Crippen molar-refractivity contribution >= 4 is 16.9 Å². The summed E-state index contributed by atoms with van der Waals surface area (Å²) in [5, 5.41) is 0.689. The van der Waals surface area contributed by atoms with Crippen LogP contribution in [0, 0.1) is 25.5 Å². The lowest BCUT2D eigenvalue weighted by molar-refractivity contribution is 0.578. The molecule has 0 spiro atoms. The molecule has 0 bridgehead atoms. The predicted octanol–water partition coefficient (Wildman–Crippen LogP) is 2.90. The molecule has 102 valence electrons. The van der Waals surface area contributed by atoms with E-state index in [0.717, 1.165) is 17.3 Å². The number of hydrogen-bond donors (Lipinski definition) is 1. The van der Waals surface area contributed by atoms with E-state index in [2.05, 4.69) is 9.97 Å². The highest BCUT2D eigenvalue weighted by molar-refractivity contribution is 5.92. The van der Waals surface area contributed by atoms with E-state index < -0.39 is 11.6 Å². The summed E-state index contributed by atoms with van der Waals surface area (Å²) in [7, 11) is 0. The smallest absolute Gasteiger partial charge is 0.150 e. The van der Waals surface area contributed by atoms with Crippen LogP contribution in [-0.2, 0) is 0 Å². The first-order chi connectivity index (χ1) is 9.50. The summed E-state index contributed by atoms with van der Waals surface area (Å²) in [4.78, 5) is 8.13. The molecule has 0 aliphatic heterocycles. The Hall–Kier alpha value is -2.50. The molecular formula is C14H12F2N4. The maximum atomic E-state index is 14.0. The first kappa shape index (κ1) is 12.5. The molecule has 6 heteroatoms. The van der Waals surface area contributed by atoms with Gasteiger partial charge in [0.2, 0.25) is 0 Å². The van der Waals surface area contributed by atoms with Crippen LogP contribution >= 0.6 is 0 Å². The number of aromatic nitrogens is 3. The van der Waals surface area contributed by atoms with Gasteiger partial charge in [-0.1, -0.05) is 0 Å². The highest BCUT2D eigenvalue weighted by Crippen LogP contribution is 2.30. The van der Waals surface area contributed by atoms with Crippen LogP contribution in [0.4, 0.5) is 14.6 Å². The average Bonchev–Trinajstić information content (AvgIpc) is 2.64. The minimum Gasteiger partial charge on any atom is -0.383 e. The number of hydrogen-bond acceptors (Lipinski definition) is 3. The lowest BCUT2D eigenvalue weighted by Crippen LogP contribution is -2.02. The molecule has 0 fully saturated rings. The van der Waals surface area contributed by atoms with E-state index >= 15 is 0 Å². The zero-order valence-electron chi connectivity index (χ0n) is 11.0. The van der Waals surface area contributed by atoms with Gasteiger partial charge in [-0.25, -0.2) is 18.7 Å². The predicted molar refractivity (Wildman–Crippen MR) is 72.7 cm³/mol. The number of aryl methyl sites for hydroxylation is 1. The Morgan fingerprint density at radius 2 is 1.90 bits per heavy atom. The number of benzene rings is 1. The third-order valence-corrected chi connectivity index (χ3v) is 3.47. The highest BCUT2D eigenvalue weighted by atomic mass is 19.1. The Morgan fingerprint density at radius 3 is 2.60 bits per heavy atom. The molecule has 2 aromatic heterocycles. The van der Waals surface area contributed by atoms with Crippen molar-refractivity contribution in [2.75, 3.05) is 5.73 Å². The molecule has 0 aliphatic carbocycles. The van der Waals surface area contributed by atoms with Gasteiger partial charge in [0.1, 0.15) is 23.8 Å². The van der Waals surface area contributed by atoms with Crippen molar-refractivity contribution in [2.24, 2.45) is 0 Å². The van der Waals surface area contributed by atoms with Crippen LogP contribution in [0.15, 0.2) is 24.5 Å². The highest BCUT2D eigenvalue weighted by Gasteiger charge is 2.18. The number of rotatable bonds is 1. The number of halogens is 2. The van der Waals surface area contributed by atoms with Crippen LogP contribution in [0.1, 0.15) is 11.3 Å². The molecular weight excluding hydrogens is 262 g/mol. The zero-order chi connectivity index (χ0) is 14.4. The lowest BCUT2D eigenvalue weighted by atomic mass is 10.2. The molecule has 2 N–H and O–H groups in total. The number of anilines is 1. The Bertz CT molecular complexity index is 824. The maximum Gasteiger partial charge on any atom is 0.150 e. The van der Waals surface area contributed by atoms with Gasteiger partial charge in [-0.2, -0.15) is 0 Å². The van der Waals surface area contributed by atoms with Gasteiger partial charge in [0, 0.05) is 11.8 Å². The van der Waals surface area contributed by atoms with Gasteiger partial charge in [-0.05, 0) is 31.5 Å². The summed E-state index contributed by atoms with van der Waals surface area (Å²) in [6.07, 6.45) is 1.33. The largest absolute Gasteiger partial charge is 0.383 e. The summed E-state index contributed by atoms with van der Waals surface area (Å²) in [5.74, 6) is -0.926. The first-order valence-electron chi connectivity index (χ1n) is 6.04. The van der Waals surface area contributed by atoms with Crippen LogP contribution in [-0.4, -0.2) is 14.5 Å². The van der Waals surface area contributed by atoms with Gasteiger partial charge in [0.15, 0.2) is 5.65 Å². The summed E-state index contributed by atoms with van der Waals surface area (Å²) in [6.45, 7) is 3.70. The average molecular weight is 274 g/mol. The number of nitrogen functional groups attached to an aromatic ring is 1. The van der Waals surface area contributed by atoms with Crippen molar-refractivity contribution in [1.82, 2.24) is 14.5 Å². The monoisotopic (exact) mass is 274 g/mol. The van der Waals surface area contributed by atoms with Crippen molar-refractivity contribution in [1.29, 1.82) is 0 Å². The molecule has 4 nitrogen and oxygen atoms in total. The van der Waals surface area contributed by atoms with Crippen molar-refractivity contribution in [3.05, 3.63) is 47.4 Å². The Kier molecular flexibility index (Phi) is 2.67. The van der Waals surface area contributed by atoms with Gasteiger partial charge in [-0.3, -0.25) is 4.57 Å². The number of nitrogens with two attached hydrogens (primary N) is 1. The van der Waals surface area contributed by atoms with E-state index in [9.17, 15) is 8.78 Å². The summed E-state index contributed by atoms with van der Waals surface area (Å²) >= 11 is 0. The molecule has 3 rings (SSSR count). The second-order valence-electron chi connectivity index (χ2n) is 4.60. The molecule has 20 heavy (non-hydrogen) atoms. The minimum absolute atomic E-state index is 0.236. The fraction of sp³-hybridized carbons (Fsp3) is 0.143. The fourth-order valence-corrected chi connectivity index (χ4v) is 2.38. The Morgan fingerprint density at radius 1 is 1.15 bits per heavy atom. The van der Waals surface area contributed by atoms with Crippen molar-refractivity contribution in [3.63, 3.8) is 0 Å². The van der Waals surface area contributed by atoms with Gasteiger partial charge >= 0.3 is 0 Å². The molecule has 0 saturated carbocycles. The van der Waals surface area contributed by atoms with E-state index in [1.54, 1.807) is 4.57 Å². The van der Waals surface area contributed by atoms with Gasteiger partial charge in [0.25, 0.3) is 0 Å². The van der Waals surface area contributed by atoms with Crippen LogP contribution in [0.3, 0.4) is 0 Å². The third kappa shape index (κ3) is 1.65. The molecule has 1 aromatic carbocycles. The van der Waals surface area contributed by atoms with Gasteiger partial charge in [-0.15, -0.1) is 0 Å². The van der Waals surface area contributed by atoms with E-state index in [1.807, 2.05) is 13.8 Å². The van der Waals surface area contributed by atoms with Crippen molar-refractivity contribution in [2.45, 2.75) is 13.8 Å². The number of nitrogens with zero attached hydrogens (tertiary/aromatic N) is 3. The van der Waals surface area contributed by atoms with Crippen LogP contribution < -0.4 is 5.73 Å². The molecule has 0 unspecified atom stereocenters. The first-order valence-corrected chi connectivity index (χ1v) is 6.04. The van der Waals surface area contributed by atoms with E-state index in [1.165, 1.54) is 18.5 Å². The topological polar surface area (TPSA) is 56.7 Å². The van der Waals surface area contributed by atoms with Crippen LogP contribution in [0.2, 0.25) is 0 Å². The maximum absolute atomic E-state index is 14.0. The Labute approximate surface area is 113 Å². The third-order valence-electron chi connectivity index (χ3n) is 3.47. The lowest BCUT2D eigenvalue weighted by Gasteiger charge is -2.09. The number of fused-ring (bicyclic) bond motifs is 1. The summed E-state index contributed by atoms with van der Waals surface area (Å²) in [5.41, 5.74) is 8.28.